The number of guanidine groups is 1. The highest BCUT2D eigenvalue weighted by Gasteiger charge is 2.42. The van der Waals surface area contributed by atoms with Gasteiger partial charge in [-0.15, -0.1) is 24.0 Å². The molecule has 3 heterocycles. The Balaban J connectivity index is 0.00000176. The van der Waals surface area contributed by atoms with Gasteiger partial charge in [0, 0.05) is 57.6 Å². The quantitative estimate of drug-likeness (QED) is 0.349. The fraction of sp³-hybridized carbons (Fsp3) is 0.733. The summed E-state index contributed by atoms with van der Waals surface area (Å²) in [7, 11) is 1.87. The molecule has 1 aromatic rings. The molecule has 7 heteroatoms. The Labute approximate surface area is 149 Å². The van der Waals surface area contributed by atoms with Crippen molar-refractivity contribution in [3.63, 3.8) is 0 Å². The molecule has 0 bridgehead atoms. The number of hydrogen-bond acceptors (Lipinski definition) is 3. The monoisotopic (exact) mass is 419 g/mol. The van der Waals surface area contributed by atoms with Gasteiger partial charge in [0.05, 0.1) is 6.61 Å². The topological polar surface area (TPSA) is 54.7 Å². The van der Waals surface area contributed by atoms with Gasteiger partial charge in [-0.25, -0.2) is 0 Å². The molecule has 0 aromatic carbocycles. The number of aliphatic imine (C=N–C) groups is 1. The first-order chi connectivity index (χ1) is 10.3. The predicted octanol–water partition coefficient (Wildman–Crippen LogP) is 1.58. The van der Waals surface area contributed by atoms with Gasteiger partial charge in [0.2, 0.25) is 0 Å². The molecule has 0 amide bonds. The van der Waals surface area contributed by atoms with E-state index in [4.69, 9.17) is 4.74 Å². The number of ether oxygens (including phenoxy) is 1. The molecule has 2 saturated heterocycles. The Morgan fingerprint density at radius 3 is 3.05 bits per heavy atom. The maximum Gasteiger partial charge on any atom is 0.193 e. The van der Waals surface area contributed by atoms with Crippen LogP contribution in [0.5, 0.6) is 0 Å². The molecule has 0 aliphatic carbocycles. The highest BCUT2D eigenvalue weighted by Crippen LogP contribution is 2.38. The molecular formula is C15H26IN5O. The van der Waals surface area contributed by atoms with E-state index in [0.29, 0.717) is 5.41 Å². The Morgan fingerprint density at radius 2 is 2.36 bits per heavy atom. The van der Waals surface area contributed by atoms with Crippen molar-refractivity contribution < 1.29 is 4.74 Å². The number of halogens is 1. The van der Waals surface area contributed by atoms with E-state index in [0.717, 1.165) is 51.8 Å². The summed E-state index contributed by atoms with van der Waals surface area (Å²) in [5.41, 5.74) is 0.382. The average Bonchev–Trinajstić information content (AvgIpc) is 3.24. The van der Waals surface area contributed by atoms with Crippen molar-refractivity contribution in [2.75, 3.05) is 39.9 Å². The van der Waals surface area contributed by atoms with E-state index in [1.165, 1.54) is 12.8 Å². The first-order valence-corrected chi connectivity index (χ1v) is 7.82. The number of nitrogens with zero attached hydrogens (tertiary/aromatic N) is 4. The zero-order chi connectivity index (χ0) is 14.5. The lowest BCUT2D eigenvalue weighted by Gasteiger charge is -2.24. The molecular weight excluding hydrogens is 393 g/mol. The van der Waals surface area contributed by atoms with E-state index in [-0.39, 0.29) is 24.0 Å². The minimum Gasteiger partial charge on any atom is -0.381 e. The second kappa shape index (κ2) is 8.14. The number of hydrogen-bond donors (Lipinski definition) is 1. The van der Waals surface area contributed by atoms with Crippen LogP contribution in [0.15, 0.2) is 23.5 Å². The number of rotatable bonds is 4. The lowest BCUT2D eigenvalue weighted by atomic mass is 9.87. The summed E-state index contributed by atoms with van der Waals surface area (Å²) in [4.78, 5) is 6.80. The highest BCUT2D eigenvalue weighted by atomic mass is 127. The molecule has 6 nitrogen and oxygen atoms in total. The van der Waals surface area contributed by atoms with Gasteiger partial charge in [-0.2, -0.15) is 5.10 Å². The fourth-order valence-corrected chi connectivity index (χ4v) is 3.29. The van der Waals surface area contributed by atoms with E-state index in [2.05, 4.69) is 20.3 Å². The van der Waals surface area contributed by atoms with Crippen molar-refractivity contribution >= 4 is 29.9 Å². The van der Waals surface area contributed by atoms with Crippen LogP contribution in [0.1, 0.15) is 19.3 Å². The first kappa shape index (κ1) is 17.5. The molecule has 124 valence electrons. The van der Waals surface area contributed by atoms with Gasteiger partial charge < -0.3 is 15.0 Å². The van der Waals surface area contributed by atoms with E-state index < -0.39 is 0 Å². The summed E-state index contributed by atoms with van der Waals surface area (Å²) in [6, 6.07) is 1.96. The molecule has 22 heavy (non-hydrogen) atoms. The van der Waals surface area contributed by atoms with E-state index in [9.17, 15) is 0 Å². The zero-order valence-electron chi connectivity index (χ0n) is 13.2. The number of aromatic nitrogens is 2. The van der Waals surface area contributed by atoms with Crippen LogP contribution in [0.25, 0.3) is 0 Å². The van der Waals surface area contributed by atoms with Gasteiger partial charge in [-0.1, -0.05) is 0 Å². The maximum atomic E-state index is 5.59. The fourth-order valence-electron chi connectivity index (χ4n) is 3.29. The number of likely N-dealkylation sites (tertiary alicyclic amines) is 1. The van der Waals surface area contributed by atoms with Crippen molar-refractivity contribution in [2.45, 2.75) is 25.8 Å². The zero-order valence-corrected chi connectivity index (χ0v) is 15.5. The van der Waals surface area contributed by atoms with Crippen LogP contribution in [0, 0.1) is 5.41 Å². The Kier molecular flexibility index (Phi) is 6.49. The summed E-state index contributed by atoms with van der Waals surface area (Å²) < 4.78 is 7.55. The third kappa shape index (κ3) is 4.13. The van der Waals surface area contributed by atoms with Crippen molar-refractivity contribution in [3.8, 4) is 0 Å². The van der Waals surface area contributed by atoms with Crippen LogP contribution in [0.3, 0.4) is 0 Å². The van der Waals surface area contributed by atoms with Crippen LogP contribution in [0.2, 0.25) is 0 Å². The van der Waals surface area contributed by atoms with Crippen molar-refractivity contribution in [2.24, 2.45) is 10.4 Å². The van der Waals surface area contributed by atoms with Crippen molar-refractivity contribution in [1.29, 1.82) is 0 Å². The molecule has 2 aliphatic rings. The van der Waals surface area contributed by atoms with Crippen LogP contribution in [0.4, 0.5) is 0 Å². The summed E-state index contributed by atoms with van der Waals surface area (Å²) in [6.07, 6.45) is 7.28. The Morgan fingerprint density at radius 1 is 1.45 bits per heavy atom. The Hall–Kier alpha value is -0.830. The van der Waals surface area contributed by atoms with E-state index in [1.807, 2.05) is 30.2 Å². The van der Waals surface area contributed by atoms with Gasteiger partial charge in [0.25, 0.3) is 0 Å². The predicted molar refractivity (Wildman–Crippen MR) is 97.7 cm³/mol. The summed E-state index contributed by atoms with van der Waals surface area (Å²) in [5, 5.41) is 7.69. The molecule has 1 N–H and O–H groups in total. The SMILES string of the molecule is CN=C(NCCCn1cccn1)N1CCC2(CCOC2)C1.I. The smallest absolute Gasteiger partial charge is 0.193 e. The van der Waals surface area contributed by atoms with Crippen LogP contribution in [-0.4, -0.2) is 60.5 Å². The molecule has 1 atom stereocenters. The Bertz CT molecular complexity index is 470. The maximum absolute atomic E-state index is 5.59. The van der Waals surface area contributed by atoms with Gasteiger partial charge in [-0.05, 0) is 25.3 Å². The molecule has 3 rings (SSSR count). The van der Waals surface area contributed by atoms with Crippen molar-refractivity contribution in [3.05, 3.63) is 18.5 Å². The van der Waals surface area contributed by atoms with Crippen molar-refractivity contribution in [1.82, 2.24) is 20.0 Å². The van der Waals surface area contributed by atoms with Crippen LogP contribution >= 0.6 is 24.0 Å². The first-order valence-electron chi connectivity index (χ1n) is 7.82. The van der Waals surface area contributed by atoms with E-state index in [1.54, 1.807) is 0 Å². The minimum absolute atomic E-state index is 0. The third-order valence-electron chi connectivity index (χ3n) is 4.54. The second-order valence-corrected chi connectivity index (χ2v) is 6.07. The second-order valence-electron chi connectivity index (χ2n) is 6.07. The highest BCUT2D eigenvalue weighted by molar-refractivity contribution is 14.0. The molecule has 2 fully saturated rings. The molecule has 1 unspecified atom stereocenters. The van der Waals surface area contributed by atoms with Crippen LogP contribution < -0.4 is 5.32 Å². The van der Waals surface area contributed by atoms with E-state index >= 15 is 0 Å². The van der Waals surface area contributed by atoms with Crippen LogP contribution in [-0.2, 0) is 11.3 Å². The standard InChI is InChI=1S/C15H25N5O.HI/c1-16-14(17-6-2-8-20-9-3-7-18-20)19-10-4-15(12-19)5-11-21-13-15;/h3,7,9H,2,4-6,8,10-13H2,1H3,(H,16,17);1H. The number of nitrogens with one attached hydrogen (secondary N) is 1. The lowest BCUT2D eigenvalue weighted by Crippen LogP contribution is -2.41. The third-order valence-corrected chi connectivity index (χ3v) is 4.54. The molecule has 0 saturated carbocycles. The number of aryl methyl sites for hydroxylation is 1. The van der Waals surface area contributed by atoms with Gasteiger partial charge in [0.15, 0.2) is 5.96 Å². The summed E-state index contributed by atoms with van der Waals surface area (Å²) in [6.45, 7) is 5.86. The van der Waals surface area contributed by atoms with Gasteiger partial charge in [0.1, 0.15) is 0 Å². The molecule has 0 radical (unpaired) electrons. The molecule has 2 aliphatic heterocycles. The van der Waals surface area contributed by atoms with Gasteiger partial charge in [-0.3, -0.25) is 9.67 Å². The normalized spacial score (nSPS) is 24.8. The minimum atomic E-state index is 0. The largest absolute Gasteiger partial charge is 0.381 e. The average molecular weight is 419 g/mol. The lowest BCUT2D eigenvalue weighted by molar-refractivity contribution is 0.156. The molecule has 1 spiro atoms. The van der Waals surface area contributed by atoms with Gasteiger partial charge >= 0.3 is 0 Å². The molecule has 1 aromatic heterocycles. The summed E-state index contributed by atoms with van der Waals surface area (Å²) in [5.74, 6) is 1.03. The summed E-state index contributed by atoms with van der Waals surface area (Å²) >= 11 is 0.